The number of hydrogen-bond acceptors (Lipinski definition) is 5. The summed E-state index contributed by atoms with van der Waals surface area (Å²) >= 11 is 0. The third kappa shape index (κ3) is 10.2. The van der Waals surface area contributed by atoms with Gasteiger partial charge < -0.3 is 20.1 Å². The van der Waals surface area contributed by atoms with Gasteiger partial charge >= 0.3 is 5.97 Å². The molecule has 0 amide bonds. The molecular formula is C25H44O5. The second-order valence-corrected chi connectivity index (χ2v) is 9.66. The smallest absolute Gasteiger partial charge is 0.306 e. The van der Waals surface area contributed by atoms with Gasteiger partial charge in [0.2, 0.25) is 0 Å². The fraction of sp³-hybridized carbons (Fsp3) is 0.800. The summed E-state index contributed by atoms with van der Waals surface area (Å²) in [5.41, 5.74) is 2.37. The molecule has 0 saturated carbocycles. The monoisotopic (exact) mass is 424 g/mol. The van der Waals surface area contributed by atoms with Crippen LogP contribution in [-0.2, 0) is 9.53 Å². The Kier molecular flexibility index (Phi) is 11.9. The molecule has 1 aliphatic heterocycles. The Morgan fingerprint density at radius 3 is 2.60 bits per heavy atom. The Hall–Kier alpha value is -1.17. The van der Waals surface area contributed by atoms with Crippen molar-refractivity contribution in [2.75, 3.05) is 0 Å². The van der Waals surface area contributed by atoms with Crippen molar-refractivity contribution in [2.45, 2.75) is 111 Å². The Morgan fingerprint density at radius 1 is 1.30 bits per heavy atom. The summed E-state index contributed by atoms with van der Waals surface area (Å²) in [5, 5.41) is 29.9. The van der Waals surface area contributed by atoms with Crippen LogP contribution in [0.1, 0.15) is 86.5 Å². The van der Waals surface area contributed by atoms with Crippen molar-refractivity contribution in [1.82, 2.24) is 0 Å². The fourth-order valence-electron chi connectivity index (χ4n) is 4.24. The van der Waals surface area contributed by atoms with E-state index >= 15 is 0 Å². The van der Waals surface area contributed by atoms with Crippen molar-refractivity contribution in [1.29, 1.82) is 0 Å². The molecule has 0 aliphatic carbocycles. The van der Waals surface area contributed by atoms with Crippen LogP contribution in [0.2, 0.25) is 0 Å². The van der Waals surface area contributed by atoms with Gasteiger partial charge in [0.1, 0.15) is 6.10 Å². The van der Waals surface area contributed by atoms with E-state index in [1.165, 1.54) is 5.57 Å². The lowest BCUT2D eigenvalue weighted by Gasteiger charge is -2.26. The van der Waals surface area contributed by atoms with E-state index < -0.39 is 12.2 Å². The van der Waals surface area contributed by atoms with Gasteiger partial charge in [0, 0.05) is 18.8 Å². The molecule has 3 N–H and O–H groups in total. The molecule has 0 aromatic carbocycles. The number of aliphatic hydroxyl groups is 3. The van der Waals surface area contributed by atoms with Gasteiger partial charge in [-0.05, 0) is 64.7 Å². The quantitative estimate of drug-likeness (QED) is 0.412. The Balaban J connectivity index is 2.82. The molecule has 1 aliphatic rings. The fourth-order valence-corrected chi connectivity index (χ4v) is 4.24. The number of allylic oxidation sites excluding steroid dienone is 2. The van der Waals surface area contributed by atoms with E-state index in [1.807, 2.05) is 13.8 Å². The summed E-state index contributed by atoms with van der Waals surface area (Å²) in [5.74, 6) is 0.106. The molecule has 0 fully saturated rings. The highest BCUT2D eigenvalue weighted by atomic mass is 16.5. The first-order chi connectivity index (χ1) is 14.0. The SMILES string of the molecule is C/C1=C/C[C@H]([C@H](C)C/C(C)=C/[C@@H](C)[C@H](O)C[C@@H](C)O)OC(=O)CCC[C@H](O)[C@@H](C)C1. The molecule has 0 unspecified atom stereocenters. The normalized spacial score (nSPS) is 30.7. The Labute approximate surface area is 183 Å². The molecule has 0 radical (unpaired) electrons. The molecule has 1 rings (SSSR count). The lowest BCUT2D eigenvalue weighted by atomic mass is 9.89. The second-order valence-electron chi connectivity index (χ2n) is 9.66. The molecule has 0 saturated heterocycles. The summed E-state index contributed by atoms with van der Waals surface area (Å²) in [6.45, 7) is 11.9. The first-order valence-corrected chi connectivity index (χ1v) is 11.6. The van der Waals surface area contributed by atoms with Gasteiger partial charge in [-0.15, -0.1) is 0 Å². The van der Waals surface area contributed by atoms with Gasteiger partial charge in [0.05, 0.1) is 18.3 Å². The van der Waals surface area contributed by atoms with Crippen LogP contribution in [0.15, 0.2) is 23.3 Å². The Morgan fingerprint density at radius 2 is 1.97 bits per heavy atom. The molecule has 0 aromatic heterocycles. The number of carbonyl (C=O) groups is 1. The number of carbonyl (C=O) groups excluding carboxylic acids is 1. The molecule has 5 heteroatoms. The maximum atomic E-state index is 12.3. The molecule has 174 valence electrons. The van der Waals surface area contributed by atoms with Gasteiger partial charge in [-0.2, -0.15) is 0 Å². The number of esters is 1. The first-order valence-electron chi connectivity index (χ1n) is 11.6. The minimum Gasteiger partial charge on any atom is -0.462 e. The zero-order valence-corrected chi connectivity index (χ0v) is 19.8. The maximum absolute atomic E-state index is 12.3. The first kappa shape index (κ1) is 26.9. The zero-order chi connectivity index (χ0) is 22.8. The molecule has 7 atom stereocenters. The van der Waals surface area contributed by atoms with Gasteiger partial charge in [-0.1, -0.05) is 44.1 Å². The van der Waals surface area contributed by atoms with E-state index in [4.69, 9.17) is 4.74 Å². The van der Waals surface area contributed by atoms with Crippen LogP contribution in [0, 0.1) is 17.8 Å². The van der Waals surface area contributed by atoms with Crippen LogP contribution in [0.25, 0.3) is 0 Å². The number of hydrogen-bond donors (Lipinski definition) is 3. The lowest BCUT2D eigenvalue weighted by Crippen LogP contribution is -2.26. The summed E-state index contributed by atoms with van der Waals surface area (Å²) in [6, 6.07) is 0. The molecular weight excluding hydrogens is 380 g/mol. The minimum absolute atomic E-state index is 0.0410. The van der Waals surface area contributed by atoms with Gasteiger partial charge in [0.15, 0.2) is 0 Å². The minimum atomic E-state index is -0.572. The van der Waals surface area contributed by atoms with E-state index in [9.17, 15) is 20.1 Å². The third-order valence-electron chi connectivity index (χ3n) is 6.18. The maximum Gasteiger partial charge on any atom is 0.306 e. The zero-order valence-electron chi connectivity index (χ0n) is 19.8. The van der Waals surface area contributed by atoms with Gasteiger partial charge in [0.25, 0.3) is 0 Å². The van der Waals surface area contributed by atoms with Crippen LogP contribution in [0.3, 0.4) is 0 Å². The van der Waals surface area contributed by atoms with Crippen LogP contribution in [-0.4, -0.2) is 45.7 Å². The Bertz CT molecular complexity index is 580. The topological polar surface area (TPSA) is 87.0 Å². The molecule has 5 nitrogen and oxygen atoms in total. The van der Waals surface area contributed by atoms with E-state index in [0.29, 0.717) is 32.1 Å². The lowest BCUT2D eigenvalue weighted by molar-refractivity contribution is -0.151. The third-order valence-corrected chi connectivity index (χ3v) is 6.18. The molecule has 0 spiro atoms. The molecule has 0 bridgehead atoms. The van der Waals surface area contributed by atoms with Crippen LogP contribution in [0.4, 0.5) is 0 Å². The van der Waals surface area contributed by atoms with Crippen LogP contribution in [0.5, 0.6) is 0 Å². The standard InChI is InChI=1S/C25H44O5/c1-16-10-11-24(30-25(29)9-7-8-22(27)18(3)12-16)20(5)14-17(2)13-19(4)23(28)15-21(6)26/h10,13,18-24,26-28H,7-9,11-12,14-15H2,1-6H3/b16-10-,17-13+/t18-,19+,20+,21+,22-,23+,24+/m0/s1. The summed E-state index contributed by atoms with van der Waals surface area (Å²) in [7, 11) is 0. The highest BCUT2D eigenvalue weighted by Gasteiger charge is 2.24. The summed E-state index contributed by atoms with van der Waals surface area (Å²) < 4.78 is 5.83. The largest absolute Gasteiger partial charge is 0.462 e. The second kappa shape index (κ2) is 13.3. The van der Waals surface area contributed by atoms with Crippen molar-refractivity contribution < 1.29 is 24.9 Å². The van der Waals surface area contributed by atoms with Crippen molar-refractivity contribution in [3.63, 3.8) is 0 Å². The molecule has 1 heterocycles. The van der Waals surface area contributed by atoms with Crippen molar-refractivity contribution in [3.05, 3.63) is 23.3 Å². The van der Waals surface area contributed by atoms with Crippen molar-refractivity contribution >= 4 is 5.97 Å². The van der Waals surface area contributed by atoms with Gasteiger partial charge in [-0.3, -0.25) is 4.79 Å². The van der Waals surface area contributed by atoms with E-state index in [-0.39, 0.29) is 35.9 Å². The highest BCUT2D eigenvalue weighted by Crippen LogP contribution is 2.26. The van der Waals surface area contributed by atoms with Gasteiger partial charge in [-0.25, -0.2) is 0 Å². The van der Waals surface area contributed by atoms with E-state index in [2.05, 4.69) is 32.9 Å². The number of aliphatic hydroxyl groups excluding tert-OH is 3. The highest BCUT2D eigenvalue weighted by molar-refractivity contribution is 5.69. The predicted molar refractivity (Wildman–Crippen MR) is 121 cm³/mol. The van der Waals surface area contributed by atoms with E-state index in [0.717, 1.165) is 18.4 Å². The van der Waals surface area contributed by atoms with E-state index in [1.54, 1.807) is 6.92 Å². The molecule has 30 heavy (non-hydrogen) atoms. The predicted octanol–water partition coefficient (Wildman–Crippen LogP) is 4.55. The average Bonchev–Trinajstić information content (AvgIpc) is 2.63. The molecule has 0 aromatic rings. The summed E-state index contributed by atoms with van der Waals surface area (Å²) in [6.07, 6.45) is 6.83. The van der Waals surface area contributed by atoms with Crippen LogP contribution < -0.4 is 0 Å². The van der Waals surface area contributed by atoms with Crippen LogP contribution >= 0.6 is 0 Å². The summed E-state index contributed by atoms with van der Waals surface area (Å²) in [4.78, 5) is 12.3. The number of cyclic esters (lactones) is 1. The number of rotatable bonds is 7. The van der Waals surface area contributed by atoms with Crippen molar-refractivity contribution in [2.24, 2.45) is 17.8 Å². The number of ether oxygens (including phenoxy) is 1. The average molecular weight is 425 g/mol. The van der Waals surface area contributed by atoms with Crippen molar-refractivity contribution in [3.8, 4) is 0 Å².